The molecule has 1 aromatic heterocycles. The molecule has 6 nitrogen and oxygen atoms in total. The van der Waals surface area contributed by atoms with Crippen LogP contribution < -0.4 is 0 Å². The SMILES string of the molecule is CCOCCCn1nnc(C(=O)O)c1CCC(C)C. The lowest BCUT2D eigenvalue weighted by Crippen LogP contribution is -2.11. The normalized spacial score (nSPS) is 11.2. The minimum atomic E-state index is -1.00. The molecule has 108 valence electrons. The summed E-state index contributed by atoms with van der Waals surface area (Å²) in [6.07, 6.45) is 2.44. The first-order valence-electron chi connectivity index (χ1n) is 6.79. The number of aromatic nitrogens is 3. The van der Waals surface area contributed by atoms with Crippen LogP contribution in [0.25, 0.3) is 0 Å². The molecule has 6 heteroatoms. The molecule has 0 saturated carbocycles. The number of carboxylic acid groups (broad SMARTS) is 1. The summed E-state index contributed by atoms with van der Waals surface area (Å²) in [5.41, 5.74) is 0.801. The molecule has 0 unspecified atom stereocenters. The van der Waals surface area contributed by atoms with Gasteiger partial charge in [-0.1, -0.05) is 19.1 Å². The maximum absolute atomic E-state index is 11.1. The van der Waals surface area contributed by atoms with Crippen molar-refractivity contribution in [1.29, 1.82) is 0 Å². The van der Waals surface area contributed by atoms with Gasteiger partial charge in [-0.05, 0) is 32.1 Å². The minimum absolute atomic E-state index is 0.0806. The highest BCUT2D eigenvalue weighted by Crippen LogP contribution is 2.13. The van der Waals surface area contributed by atoms with Crippen LogP contribution in [0.4, 0.5) is 0 Å². The fourth-order valence-electron chi connectivity index (χ4n) is 1.81. The van der Waals surface area contributed by atoms with Crippen molar-refractivity contribution in [2.45, 2.75) is 46.6 Å². The Morgan fingerprint density at radius 3 is 2.79 bits per heavy atom. The van der Waals surface area contributed by atoms with Crippen molar-refractivity contribution in [3.8, 4) is 0 Å². The fourth-order valence-corrected chi connectivity index (χ4v) is 1.81. The largest absolute Gasteiger partial charge is 0.476 e. The summed E-state index contributed by atoms with van der Waals surface area (Å²) < 4.78 is 6.97. The number of nitrogens with zero attached hydrogens (tertiary/aromatic N) is 3. The van der Waals surface area contributed by atoms with Gasteiger partial charge in [0.1, 0.15) is 0 Å². The Morgan fingerprint density at radius 1 is 1.47 bits per heavy atom. The molecule has 0 aromatic carbocycles. The first-order valence-corrected chi connectivity index (χ1v) is 6.79. The third-order valence-electron chi connectivity index (χ3n) is 2.86. The number of rotatable bonds is 9. The molecule has 0 radical (unpaired) electrons. The maximum Gasteiger partial charge on any atom is 0.358 e. The smallest absolute Gasteiger partial charge is 0.358 e. The number of hydrogen-bond acceptors (Lipinski definition) is 4. The Labute approximate surface area is 113 Å². The zero-order valence-electron chi connectivity index (χ0n) is 11.9. The van der Waals surface area contributed by atoms with Gasteiger partial charge < -0.3 is 9.84 Å². The first-order chi connectivity index (χ1) is 9.06. The van der Waals surface area contributed by atoms with Crippen molar-refractivity contribution in [2.24, 2.45) is 5.92 Å². The van der Waals surface area contributed by atoms with Crippen molar-refractivity contribution < 1.29 is 14.6 Å². The van der Waals surface area contributed by atoms with Gasteiger partial charge in [-0.25, -0.2) is 9.48 Å². The zero-order chi connectivity index (χ0) is 14.3. The average Bonchev–Trinajstić information content (AvgIpc) is 2.75. The van der Waals surface area contributed by atoms with Crippen molar-refractivity contribution in [2.75, 3.05) is 13.2 Å². The molecular formula is C13H23N3O3. The highest BCUT2D eigenvalue weighted by atomic mass is 16.5. The molecule has 1 N–H and O–H groups in total. The Kier molecular flexibility index (Phi) is 6.49. The van der Waals surface area contributed by atoms with Gasteiger partial charge in [0.25, 0.3) is 0 Å². The highest BCUT2D eigenvalue weighted by Gasteiger charge is 2.18. The molecule has 0 atom stereocenters. The molecule has 0 aliphatic rings. The van der Waals surface area contributed by atoms with Crippen LogP contribution in [-0.2, 0) is 17.7 Å². The second-order valence-corrected chi connectivity index (χ2v) is 4.90. The lowest BCUT2D eigenvalue weighted by atomic mass is 10.1. The van der Waals surface area contributed by atoms with E-state index in [2.05, 4.69) is 24.2 Å². The number of aromatic carboxylic acids is 1. The second-order valence-electron chi connectivity index (χ2n) is 4.90. The molecule has 0 aliphatic heterocycles. The van der Waals surface area contributed by atoms with Crippen LogP contribution in [0.2, 0.25) is 0 Å². The van der Waals surface area contributed by atoms with Gasteiger partial charge in [0, 0.05) is 19.8 Å². The van der Waals surface area contributed by atoms with Crippen LogP contribution in [0.5, 0.6) is 0 Å². The summed E-state index contributed by atoms with van der Waals surface area (Å²) in [6, 6.07) is 0. The van der Waals surface area contributed by atoms with E-state index in [4.69, 9.17) is 9.84 Å². The van der Waals surface area contributed by atoms with Gasteiger partial charge >= 0.3 is 5.97 Å². The molecule has 1 heterocycles. The Hall–Kier alpha value is -1.43. The Morgan fingerprint density at radius 2 is 2.21 bits per heavy atom. The van der Waals surface area contributed by atoms with Crippen molar-refractivity contribution >= 4 is 5.97 Å². The average molecular weight is 269 g/mol. The predicted molar refractivity (Wildman–Crippen MR) is 71.3 cm³/mol. The van der Waals surface area contributed by atoms with Gasteiger partial charge in [-0.3, -0.25) is 0 Å². The highest BCUT2D eigenvalue weighted by molar-refractivity contribution is 5.86. The van der Waals surface area contributed by atoms with E-state index in [9.17, 15) is 4.79 Å². The molecule has 1 aromatic rings. The third-order valence-corrected chi connectivity index (χ3v) is 2.86. The van der Waals surface area contributed by atoms with Crippen LogP contribution in [0, 0.1) is 5.92 Å². The molecule has 0 aliphatic carbocycles. The van der Waals surface area contributed by atoms with Crippen LogP contribution in [-0.4, -0.2) is 39.3 Å². The van der Waals surface area contributed by atoms with Gasteiger partial charge in [0.15, 0.2) is 5.69 Å². The van der Waals surface area contributed by atoms with Gasteiger partial charge in [0.05, 0.1) is 5.69 Å². The van der Waals surface area contributed by atoms with E-state index in [1.807, 2.05) is 6.92 Å². The summed E-state index contributed by atoms with van der Waals surface area (Å²) >= 11 is 0. The summed E-state index contributed by atoms with van der Waals surface area (Å²) in [6.45, 7) is 8.17. The third kappa shape index (κ3) is 4.98. The number of aryl methyl sites for hydroxylation is 1. The van der Waals surface area contributed by atoms with E-state index in [-0.39, 0.29) is 5.69 Å². The van der Waals surface area contributed by atoms with E-state index < -0.39 is 5.97 Å². The lowest BCUT2D eigenvalue weighted by molar-refractivity contribution is 0.0689. The standard InChI is InChI=1S/C13H23N3O3/c1-4-19-9-5-8-16-11(7-6-10(2)3)12(13(17)18)14-15-16/h10H,4-9H2,1-3H3,(H,17,18). The fraction of sp³-hybridized carbons (Fsp3) is 0.769. The quantitative estimate of drug-likeness (QED) is 0.694. The van der Waals surface area contributed by atoms with Crippen molar-refractivity contribution in [1.82, 2.24) is 15.0 Å². The molecule has 0 spiro atoms. The summed E-state index contributed by atoms with van der Waals surface area (Å²) in [5.74, 6) is -0.483. The molecule has 1 rings (SSSR count). The topological polar surface area (TPSA) is 77.2 Å². The van der Waals surface area contributed by atoms with E-state index in [1.165, 1.54) is 0 Å². The molecule has 0 amide bonds. The van der Waals surface area contributed by atoms with Gasteiger partial charge in [0.2, 0.25) is 0 Å². The summed E-state index contributed by atoms with van der Waals surface area (Å²) in [4.78, 5) is 11.1. The number of carbonyl (C=O) groups is 1. The Balaban J connectivity index is 2.70. The first kappa shape index (κ1) is 15.6. The second kappa shape index (κ2) is 7.89. The summed E-state index contributed by atoms with van der Waals surface area (Å²) in [7, 11) is 0. The molecular weight excluding hydrogens is 246 g/mol. The molecule has 0 saturated heterocycles. The predicted octanol–water partition coefficient (Wildman–Crippen LogP) is 1.99. The van der Waals surface area contributed by atoms with Crippen molar-refractivity contribution in [3.05, 3.63) is 11.4 Å². The van der Waals surface area contributed by atoms with E-state index >= 15 is 0 Å². The Bertz CT molecular complexity index is 402. The number of hydrogen-bond donors (Lipinski definition) is 1. The molecule has 19 heavy (non-hydrogen) atoms. The lowest BCUT2D eigenvalue weighted by Gasteiger charge is -2.08. The van der Waals surface area contributed by atoms with Gasteiger partial charge in [-0.2, -0.15) is 0 Å². The zero-order valence-corrected chi connectivity index (χ0v) is 11.9. The van der Waals surface area contributed by atoms with Crippen LogP contribution in [0.15, 0.2) is 0 Å². The van der Waals surface area contributed by atoms with Gasteiger partial charge in [-0.15, -0.1) is 5.10 Å². The van der Waals surface area contributed by atoms with Crippen LogP contribution >= 0.6 is 0 Å². The van der Waals surface area contributed by atoms with E-state index in [0.29, 0.717) is 32.1 Å². The van der Waals surface area contributed by atoms with Crippen LogP contribution in [0.3, 0.4) is 0 Å². The molecule has 0 bridgehead atoms. The van der Waals surface area contributed by atoms with E-state index in [1.54, 1.807) is 4.68 Å². The van der Waals surface area contributed by atoms with Crippen molar-refractivity contribution in [3.63, 3.8) is 0 Å². The number of carboxylic acids is 1. The monoisotopic (exact) mass is 269 g/mol. The maximum atomic E-state index is 11.1. The molecule has 0 fully saturated rings. The van der Waals surface area contributed by atoms with E-state index in [0.717, 1.165) is 18.5 Å². The summed E-state index contributed by atoms with van der Waals surface area (Å²) in [5, 5.41) is 16.8. The number of ether oxygens (including phenoxy) is 1. The minimum Gasteiger partial charge on any atom is -0.476 e. The van der Waals surface area contributed by atoms with Crippen LogP contribution in [0.1, 0.15) is 49.8 Å².